The first-order valence-corrected chi connectivity index (χ1v) is 3.57. The van der Waals surface area contributed by atoms with E-state index in [4.69, 9.17) is 5.73 Å². The van der Waals surface area contributed by atoms with Crippen molar-refractivity contribution in [3.8, 4) is 0 Å². The van der Waals surface area contributed by atoms with Crippen LogP contribution >= 0.6 is 0 Å². The minimum Gasteiger partial charge on any atom is -0.383 e. The van der Waals surface area contributed by atoms with E-state index in [2.05, 4.69) is 15.3 Å². The van der Waals surface area contributed by atoms with Gasteiger partial charge in [-0.25, -0.2) is 4.98 Å². The van der Waals surface area contributed by atoms with E-state index in [-0.39, 0.29) is 0 Å². The van der Waals surface area contributed by atoms with Crippen LogP contribution in [0.4, 0.5) is 11.8 Å². The molecule has 0 aliphatic carbocycles. The summed E-state index contributed by atoms with van der Waals surface area (Å²) in [6.07, 6.45) is 1.71. The fourth-order valence-electron chi connectivity index (χ4n) is 0.699. The van der Waals surface area contributed by atoms with Crippen molar-refractivity contribution >= 4 is 11.8 Å². The average molecular weight is 152 g/mol. The maximum atomic E-state index is 5.56. The highest BCUT2D eigenvalue weighted by Gasteiger charge is 1.96. The topological polar surface area (TPSA) is 63.8 Å². The Morgan fingerprint density at radius 1 is 1.64 bits per heavy atom. The summed E-state index contributed by atoms with van der Waals surface area (Å²) in [5.41, 5.74) is 6.47. The molecule has 1 aromatic rings. The molecule has 4 nitrogen and oxygen atoms in total. The van der Waals surface area contributed by atoms with Gasteiger partial charge in [0.1, 0.15) is 5.82 Å². The molecule has 0 aliphatic rings. The van der Waals surface area contributed by atoms with Crippen LogP contribution in [0.1, 0.15) is 12.5 Å². The predicted molar refractivity (Wildman–Crippen MR) is 45.3 cm³/mol. The molecular weight excluding hydrogens is 140 g/mol. The van der Waals surface area contributed by atoms with Gasteiger partial charge in [0, 0.05) is 18.3 Å². The molecule has 4 heteroatoms. The molecule has 0 aromatic carbocycles. The van der Waals surface area contributed by atoms with E-state index in [0.29, 0.717) is 11.8 Å². The molecule has 1 rings (SSSR count). The summed E-state index contributed by atoms with van der Waals surface area (Å²) in [5.74, 6) is 1.13. The van der Waals surface area contributed by atoms with Crippen LogP contribution in [0.25, 0.3) is 0 Å². The molecule has 0 atom stereocenters. The zero-order chi connectivity index (χ0) is 8.27. The molecule has 60 valence electrons. The summed E-state index contributed by atoms with van der Waals surface area (Å²) in [7, 11) is 0. The van der Waals surface area contributed by atoms with Crippen LogP contribution < -0.4 is 11.1 Å². The molecule has 0 fully saturated rings. The summed E-state index contributed by atoms with van der Waals surface area (Å²) >= 11 is 0. The normalized spacial score (nSPS) is 9.64. The van der Waals surface area contributed by atoms with E-state index >= 15 is 0 Å². The fraction of sp³-hybridized carbons (Fsp3) is 0.429. The maximum Gasteiger partial charge on any atom is 0.224 e. The number of rotatable bonds is 2. The second kappa shape index (κ2) is 3.18. The number of nitrogens with one attached hydrogen (secondary N) is 1. The monoisotopic (exact) mass is 152 g/mol. The highest BCUT2D eigenvalue weighted by Crippen LogP contribution is 2.06. The minimum atomic E-state index is 0.538. The number of hydrogen-bond acceptors (Lipinski definition) is 4. The molecule has 0 aliphatic heterocycles. The maximum absolute atomic E-state index is 5.56. The van der Waals surface area contributed by atoms with Gasteiger partial charge >= 0.3 is 0 Å². The van der Waals surface area contributed by atoms with Crippen LogP contribution in [0.15, 0.2) is 6.20 Å². The van der Waals surface area contributed by atoms with Crippen LogP contribution in [0, 0.1) is 6.92 Å². The Bertz CT molecular complexity index is 246. The number of aromatic nitrogens is 2. The third-order valence-corrected chi connectivity index (χ3v) is 1.35. The zero-order valence-electron chi connectivity index (χ0n) is 6.76. The lowest BCUT2D eigenvalue weighted by Gasteiger charge is -2.02. The van der Waals surface area contributed by atoms with Gasteiger partial charge in [-0.2, -0.15) is 4.98 Å². The van der Waals surface area contributed by atoms with Crippen LogP contribution in [0.5, 0.6) is 0 Å². The van der Waals surface area contributed by atoms with Crippen molar-refractivity contribution in [2.24, 2.45) is 0 Å². The van der Waals surface area contributed by atoms with Gasteiger partial charge in [-0.05, 0) is 13.8 Å². The molecule has 0 saturated carbocycles. The Labute approximate surface area is 65.9 Å². The minimum absolute atomic E-state index is 0.538. The van der Waals surface area contributed by atoms with Gasteiger partial charge in [-0.3, -0.25) is 0 Å². The number of hydrogen-bond donors (Lipinski definition) is 2. The molecule has 3 N–H and O–H groups in total. The molecule has 0 unspecified atom stereocenters. The number of nitrogens with zero attached hydrogens (tertiary/aromatic N) is 2. The van der Waals surface area contributed by atoms with Crippen LogP contribution in [0.3, 0.4) is 0 Å². The molecular formula is C7H12N4. The lowest BCUT2D eigenvalue weighted by molar-refractivity contribution is 1.07. The second-order valence-electron chi connectivity index (χ2n) is 2.29. The van der Waals surface area contributed by atoms with Gasteiger partial charge in [0.25, 0.3) is 0 Å². The van der Waals surface area contributed by atoms with Crippen molar-refractivity contribution in [3.05, 3.63) is 11.8 Å². The number of anilines is 2. The van der Waals surface area contributed by atoms with Gasteiger partial charge in [-0.15, -0.1) is 0 Å². The smallest absolute Gasteiger partial charge is 0.224 e. The summed E-state index contributed by atoms with van der Waals surface area (Å²) in [4.78, 5) is 8.04. The molecule has 0 radical (unpaired) electrons. The first kappa shape index (κ1) is 7.78. The van der Waals surface area contributed by atoms with Gasteiger partial charge in [0.05, 0.1) is 0 Å². The highest BCUT2D eigenvalue weighted by molar-refractivity contribution is 5.41. The van der Waals surface area contributed by atoms with Crippen molar-refractivity contribution in [2.75, 3.05) is 17.6 Å². The van der Waals surface area contributed by atoms with Crippen molar-refractivity contribution in [3.63, 3.8) is 0 Å². The lowest BCUT2D eigenvalue weighted by atomic mass is 10.4. The summed E-state index contributed by atoms with van der Waals surface area (Å²) in [6, 6.07) is 0. The van der Waals surface area contributed by atoms with Crippen LogP contribution in [-0.2, 0) is 0 Å². The van der Waals surface area contributed by atoms with Crippen molar-refractivity contribution in [2.45, 2.75) is 13.8 Å². The van der Waals surface area contributed by atoms with Crippen LogP contribution in [-0.4, -0.2) is 16.5 Å². The fourth-order valence-corrected chi connectivity index (χ4v) is 0.699. The summed E-state index contributed by atoms with van der Waals surface area (Å²) in [6.45, 7) is 4.67. The van der Waals surface area contributed by atoms with E-state index in [1.165, 1.54) is 0 Å². The standard InChI is InChI=1S/C7H12N4/c1-3-9-7-10-4-5(2)6(8)11-7/h4H,3H2,1-2H3,(H3,8,9,10,11). The Balaban J connectivity index is 2.86. The Morgan fingerprint density at radius 2 is 2.36 bits per heavy atom. The largest absolute Gasteiger partial charge is 0.383 e. The van der Waals surface area contributed by atoms with E-state index in [1.54, 1.807) is 6.20 Å². The third-order valence-electron chi connectivity index (χ3n) is 1.35. The Kier molecular flexibility index (Phi) is 2.25. The number of nitrogen functional groups attached to an aromatic ring is 1. The summed E-state index contributed by atoms with van der Waals surface area (Å²) in [5, 5.41) is 2.97. The first-order valence-electron chi connectivity index (χ1n) is 3.57. The highest BCUT2D eigenvalue weighted by atomic mass is 15.1. The average Bonchev–Trinajstić information content (AvgIpc) is 1.98. The Morgan fingerprint density at radius 3 is 2.91 bits per heavy atom. The summed E-state index contributed by atoms with van der Waals surface area (Å²) < 4.78 is 0. The number of nitrogens with two attached hydrogens (primary N) is 1. The molecule has 1 heterocycles. The first-order chi connectivity index (χ1) is 5.24. The van der Waals surface area contributed by atoms with Crippen molar-refractivity contribution in [1.82, 2.24) is 9.97 Å². The van der Waals surface area contributed by atoms with E-state index in [0.717, 1.165) is 12.1 Å². The molecule has 1 aromatic heterocycles. The van der Waals surface area contributed by atoms with Gasteiger partial charge in [-0.1, -0.05) is 0 Å². The van der Waals surface area contributed by atoms with E-state index in [9.17, 15) is 0 Å². The molecule has 0 amide bonds. The quantitative estimate of drug-likeness (QED) is 0.658. The van der Waals surface area contributed by atoms with Gasteiger partial charge in [0.2, 0.25) is 5.95 Å². The molecule has 11 heavy (non-hydrogen) atoms. The zero-order valence-corrected chi connectivity index (χ0v) is 6.76. The molecule has 0 saturated heterocycles. The van der Waals surface area contributed by atoms with E-state index in [1.807, 2.05) is 13.8 Å². The Hall–Kier alpha value is -1.32. The number of aryl methyl sites for hydroxylation is 1. The second-order valence-corrected chi connectivity index (χ2v) is 2.29. The SMILES string of the molecule is CCNc1ncc(C)c(N)n1. The van der Waals surface area contributed by atoms with Crippen molar-refractivity contribution < 1.29 is 0 Å². The van der Waals surface area contributed by atoms with Gasteiger partial charge in [0.15, 0.2) is 0 Å². The molecule has 0 bridgehead atoms. The molecule has 0 spiro atoms. The van der Waals surface area contributed by atoms with E-state index < -0.39 is 0 Å². The predicted octanol–water partition coefficient (Wildman–Crippen LogP) is 0.799. The third kappa shape index (κ3) is 1.80. The lowest BCUT2D eigenvalue weighted by Crippen LogP contribution is -2.04. The van der Waals surface area contributed by atoms with Gasteiger partial charge < -0.3 is 11.1 Å². The van der Waals surface area contributed by atoms with Crippen molar-refractivity contribution in [1.29, 1.82) is 0 Å². The van der Waals surface area contributed by atoms with Crippen LogP contribution in [0.2, 0.25) is 0 Å².